The average Bonchev–Trinajstić information content (AvgIpc) is 2.94. The molecule has 4 amide bonds. The Bertz CT molecular complexity index is 944. The summed E-state index contributed by atoms with van der Waals surface area (Å²) in [6.07, 6.45) is 1.36. The SMILES string of the molecule is COc1cc(C=C2C(=O)N(C)C(=O)N(C)C2=O)cc2sc(=O)oc12. The molecule has 1 aliphatic heterocycles. The van der Waals surface area contributed by atoms with Crippen LogP contribution in [0.1, 0.15) is 5.56 Å². The molecule has 1 aromatic carbocycles. The molecule has 0 saturated carbocycles. The number of rotatable bonds is 2. The fourth-order valence-corrected chi connectivity index (χ4v) is 3.08. The number of ether oxygens (including phenoxy) is 1. The predicted molar refractivity (Wildman–Crippen MR) is 85.8 cm³/mol. The van der Waals surface area contributed by atoms with Crippen LogP contribution in [0.15, 0.2) is 26.9 Å². The number of carbonyl (C=O) groups excluding carboxylic acids is 3. The van der Waals surface area contributed by atoms with E-state index in [1.165, 1.54) is 27.3 Å². The highest BCUT2D eigenvalue weighted by atomic mass is 32.1. The highest BCUT2D eigenvalue weighted by Crippen LogP contribution is 2.30. The van der Waals surface area contributed by atoms with E-state index < -0.39 is 22.8 Å². The van der Waals surface area contributed by atoms with Crippen LogP contribution >= 0.6 is 11.3 Å². The maximum absolute atomic E-state index is 12.2. The van der Waals surface area contributed by atoms with Gasteiger partial charge in [0.2, 0.25) is 0 Å². The number of fused-ring (bicyclic) bond motifs is 1. The number of likely N-dealkylation sites (N-methyl/N-ethyl adjacent to an activating group) is 2. The van der Waals surface area contributed by atoms with Crippen LogP contribution in [-0.2, 0) is 9.59 Å². The molecule has 24 heavy (non-hydrogen) atoms. The van der Waals surface area contributed by atoms with Crippen molar-refractivity contribution in [3.05, 3.63) is 33.0 Å². The van der Waals surface area contributed by atoms with E-state index in [4.69, 9.17) is 9.15 Å². The summed E-state index contributed by atoms with van der Waals surface area (Å²) in [6.45, 7) is 0. The Balaban J connectivity index is 2.15. The molecule has 0 unspecified atom stereocenters. The molecule has 3 rings (SSSR count). The van der Waals surface area contributed by atoms with E-state index in [0.717, 1.165) is 21.1 Å². The van der Waals surface area contributed by atoms with Gasteiger partial charge in [-0.2, -0.15) is 0 Å². The monoisotopic (exact) mass is 348 g/mol. The molecule has 0 radical (unpaired) electrons. The highest BCUT2D eigenvalue weighted by Gasteiger charge is 2.37. The first-order valence-corrected chi connectivity index (χ1v) is 7.58. The van der Waals surface area contributed by atoms with Crippen LogP contribution in [-0.4, -0.2) is 48.9 Å². The molecule has 0 atom stereocenters. The normalized spacial score (nSPS) is 15.5. The van der Waals surface area contributed by atoms with Gasteiger partial charge in [0.05, 0.1) is 11.8 Å². The molecular weight excluding hydrogens is 336 g/mol. The number of hydrogen-bond donors (Lipinski definition) is 0. The van der Waals surface area contributed by atoms with Gasteiger partial charge in [0.1, 0.15) is 5.57 Å². The molecule has 9 heteroatoms. The van der Waals surface area contributed by atoms with Crippen molar-refractivity contribution in [3.8, 4) is 5.75 Å². The van der Waals surface area contributed by atoms with Gasteiger partial charge >= 0.3 is 11.0 Å². The van der Waals surface area contributed by atoms with Gasteiger partial charge in [-0.15, -0.1) is 0 Å². The molecule has 2 aromatic rings. The minimum absolute atomic E-state index is 0.156. The minimum atomic E-state index is -0.692. The second kappa shape index (κ2) is 5.60. The number of amides is 4. The first-order valence-electron chi connectivity index (χ1n) is 6.77. The number of benzene rings is 1. The molecule has 0 aliphatic carbocycles. The second-order valence-electron chi connectivity index (χ2n) is 5.07. The van der Waals surface area contributed by atoms with E-state index in [-0.39, 0.29) is 5.57 Å². The van der Waals surface area contributed by atoms with Crippen LogP contribution in [0, 0.1) is 0 Å². The number of imide groups is 2. The van der Waals surface area contributed by atoms with Crippen LogP contribution in [0.5, 0.6) is 5.75 Å². The van der Waals surface area contributed by atoms with E-state index in [1.54, 1.807) is 12.1 Å². The Morgan fingerprint density at radius 3 is 2.29 bits per heavy atom. The van der Waals surface area contributed by atoms with Crippen LogP contribution in [0.2, 0.25) is 0 Å². The lowest BCUT2D eigenvalue weighted by Gasteiger charge is -2.28. The van der Waals surface area contributed by atoms with E-state index in [9.17, 15) is 19.2 Å². The molecule has 124 valence electrons. The fourth-order valence-electron chi connectivity index (χ4n) is 2.34. The van der Waals surface area contributed by atoms with Gasteiger partial charge in [0.15, 0.2) is 11.3 Å². The molecule has 8 nitrogen and oxygen atoms in total. The molecule has 1 aromatic heterocycles. The van der Waals surface area contributed by atoms with Crippen LogP contribution in [0.3, 0.4) is 0 Å². The third-order valence-electron chi connectivity index (χ3n) is 3.60. The van der Waals surface area contributed by atoms with E-state index in [1.807, 2.05) is 0 Å². The van der Waals surface area contributed by atoms with Gasteiger partial charge in [-0.25, -0.2) is 9.59 Å². The van der Waals surface area contributed by atoms with Crippen molar-refractivity contribution in [3.63, 3.8) is 0 Å². The van der Waals surface area contributed by atoms with Gasteiger partial charge in [0.25, 0.3) is 11.8 Å². The summed E-state index contributed by atoms with van der Waals surface area (Å²) in [5.41, 5.74) is 0.626. The summed E-state index contributed by atoms with van der Waals surface area (Å²) in [7, 11) is 4.01. The number of hydrogen-bond acceptors (Lipinski definition) is 7. The smallest absolute Gasteiger partial charge is 0.396 e. The quantitative estimate of drug-likeness (QED) is 0.599. The molecule has 1 saturated heterocycles. The Labute approximate surface area is 139 Å². The molecular formula is C15H12N2O6S. The predicted octanol–water partition coefficient (Wildman–Crippen LogP) is 1.30. The van der Waals surface area contributed by atoms with Crippen LogP contribution in [0.4, 0.5) is 4.79 Å². The molecule has 0 spiro atoms. The van der Waals surface area contributed by atoms with Crippen molar-refractivity contribution in [2.24, 2.45) is 0 Å². The summed E-state index contributed by atoms with van der Waals surface area (Å²) in [4.78, 5) is 48.8. The second-order valence-corrected chi connectivity index (χ2v) is 6.05. The summed E-state index contributed by atoms with van der Waals surface area (Å²) in [6, 6.07) is 2.46. The van der Waals surface area contributed by atoms with Crippen LogP contribution in [0.25, 0.3) is 16.4 Å². The van der Waals surface area contributed by atoms with Crippen molar-refractivity contribution in [2.75, 3.05) is 21.2 Å². The summed E-state index contributed by atoms with van der Waals surface area (Å²) in [5, 5.41) is 0. The maximum atomic E-state index is 12.2. The summed E-state index contributed by atoms with van der Waals surface area (Å²) in [5.74, 6) is -1.07. The van der Waals surface area contributed by atoms with Crippen molar-refractivity contribution in [1.29, 1.82) is 0 Å². The Morgan fingerprint density at radius 1 is 1.08 bits per heavy atom. The van der Waals surface area contributed by atoms with Gasteiger partial charge in [0, 0.05) is 14.1 Å². The zero-order chi connectivity index (χ0) is 17.6. The lowest BCUT2D eigenvalue weighted by Crippen LogP contribution is -2.52. The van der Waals surface area contributed by atoms with Crippen molar-refractivity contribution in [2.45, 2.75) is 0 Å². The Kier molecular flexibility index (Phi) is 3.72. The number of nitrogens with zero attached hydrogens (tertiary/aromatic N) is 2. The minimum Gasteiger partial charge on any atom is -0.493 e. The summed E-state index contributed by atoms with van der Waals surface area (Å²) < 4.78 is 10.8. The topological polar surface area (TPSA) is 97.1 Å². The first kappa shape index (κ1) is 15.9. The Morgan fingerprint density at radius 2 is 1.71 bits per heavy atom. The van der Waals surface area contributed by atoms with Crippen LogP contribution < -0.4 is 9.68 Å². The number of methoxy groups -OCH3 is 1. The van der Waals surface area contributed by atoms with E-state index in [2.05, 4.69) is 0 Å². The van der Waals surface area contributed by atoms with E-state index in [0.29, 0.717) is 21.6 Å². The molecule has 2 heterocycles. The molecule has 1 fully saturated rings. The Hall–Kier alpha value is -2.94. The van der Waals surface area contributed by atoms with Crippen molar-refractivity contribution < 1.29 is 23.5 Å². The molecule has 0 bridgehead atoms. The lowest BCUT2D eigenvalue weighted by atomic mass is 10.1. The van der Waals surface area contributed by atoms with Gasteiger partial charge in [-0.3, -0.25) is 19.4 Å². The number of barbiturate groups is 1. The zero-order valence-electron chi connectivity index (χ0n) is 13.0. The van der Waals surface area contributed by atoms with Crippen molar-refractivity contribution in [1.82, 2.24) is 9.80 Å². The maximum Gasteiger partial charge on any atom is 0.396 e. The van der Waals surface area contributed by atoms with Crippen molar-refractivity contribution >= 4 is 45.5 Å². The molecule has 1 aliphatic rings. The number of carbonyl (C=O) groups is 3. The van der Waals surface area contributed by atoms with Gasteiger partial charge in [-0.05, 0) is 23.8 Å². The molecule has 0 N–H and O–H groups in total. The van der Waals surface area contributed by atoms with Gasteiger partial charge in [-0.1, -0.05) is 11.3 Å². The largest absolute Gasteiger partial charge is 0.493 e. The fraction of sp³-hybridized carbons (Fsp3) is 0.200. The zero-order valence-corrected chi connectivity index (χ0v) is 13.8. The third kappa shape index (κ3) is 2.38. The first-order chi connectivity index (χ1) is 11.3. The highest BCUT2D eigenvalue weighted by molar-refractivity contribution is 7.16. The third-order valence-corrected chi connectivity index (χ3v) is 4.37. The summed E-state index contributed by atoms with van der Waals surface area (Å²) >= 11 is 0.885. The average molecular weight is 348 g/mol. The standard InChI is InChI=1S/C15H12N2O6S/c1-16-12(18)8(13(19)17(2)14(16)20)4-7-5-9(22-3)11-10(6-7)24-15(21)23-11/h4-6H,1-3H3. The van der Waals surface area contributed by atoms with E-state index >= 15 is 0 Å². The number of urea groups is 1. The lowest BCUT2D eigenvalue weighted by molar-refractivity contribution is -0.134. The van der Waals surface area contributed by atoms with Gasteiger partial charge < -0.3 is 9.15 Å².